The Morgan fingerprint density at radius 2 is 1.96 bits per heavy atom. The molecule has 6 nitrogen and oxygen atoms in total. The van der Waals surface area contributed by atoms with Crippen LogP contribution in [0.15, 0.2) is 58.0 Å². The maximum atomic E-state index is 12.9. The number of aromatic nitrogens is 2. The van der Waals surface area contributed by atoms with Gasteiger partial charge in [0.15, 0.2) is 4.34 Å². The van der Waals surface area contributed by atoms with E-state index in [0.717, 1.165) is 20.5 Å². The first-order chi connectivity index (χ1) is 13.6. The van der Waals surface area contributed by atoms with Crippen molar-refractivity contribution < 1.29 is 13.9 Å². The Bertz CT molecular complexity index is 943. The van der Waals surface area contributed by atoms with Crippen LogP contribution in [0.2, 0.25) is 0 Å². The van der Waals surface area contributed by atoms with Gasteiger partial charge in [-0.05, 0) is 54.4 Å². The molecule has 0 saturated heterocycles. The van der Waals surface area contributed by atoms with E-state index in [1.807, 2.05) is 19.1 Å². The number of amides is 1. The zero-order valence-electron chi connectivity index (χ0n) is 15.0. The number of ether oxygens (including phenoxy) is 1. The van der Waals surface area contributed by atoms with Crippen molar-refractivity contribution in [2.75, 3.05) is 5.75 Å². The van der Waals surface area contributed by atoms with Gasteiger partial charge in [-0.15, -0.1) is 10.2 Å². The van der Waals surface area contributed by atoms with Gasteiger partial charge in [0.2, 0.25) is 0 Å². The number of rotatable bonds is 8. The van der Waals surface area contributed by atoms with Gasteiger partial charge in [0, 0.05) is 0 Å². The van der Waals surface area contributed by atoms with E-state index in [4.69, 9.17) is 4.74 Å². The molecule has 0 aliphatic carbocycles. The van der Waals surface area contributed by atoms with Gasteiger partial charge in [-0.25, -0.2) is 9.82 Å². The number of nitrogens with one attached hydrogen (secondary N) is 1. The van der Waals surface area contributed by atoms with Crippen molar-refractivity contribution in [2.24, 2.45) is 5.10 Å². The summed E-state index contributed by atoms with van der Waals surface area (Å²) in [4.78, 5) is 11.8. The standard InChI is InChI=1S/C19H17FN4O2S2/c1-13-22-24-19(28-13)27-12-18(25)23-21-10-14-4-8-17(9-5-14)26-11-15-2-6-16(20)7-3-15/h2-10H,11-12H2,1H3,(H,23,25). The Kier molecular flexibility index (Phi) is 7.10. The van der Waals surface area contributed by atoms with Crippen molar-refractivity contribution in [1.29, 1.82) is 0 Å². The lowest BCUT2D eigenvalue weighted by Gasteiger charge is -2.06. The minimum absolute atomic E-state index is 0.214. The van der Waals surface area contributed by atoms with Crippen molar-refractivity contribution in [3.8, 4) is 5.75 Å². The summed E-state index contributed by atoms with van der Waals surface area (Å²) in [6, 6.07) is 13.4. The molecule has 3 aromatic rings. The van der Waals surface area contributed by atoms with Crippen molar-refractivity contribution in [3.63, 3.8) is 0 Å². The van der Waals surface area contributed by atoms with Crippen LogP contribution >= 0.6 is 23.1 Å². The van der Waals surface area contributed by atoms with Gasteiger partial charge in [0.05, 0.1) is 12.0 Å². The summed E-state index contributed by atoms with van der Waals surface area (Å²) >= 11 is 2.77. The Hall–Kier alpha value is -2.78. The molecular formula is C19H17FN4O2S2. The number of carbonyl (C=O) groups is 1. The van der Waals surface area contributed by atoms with Crippen molar-refractivity contribution >= 4 is 35.2 Å². The molecule has 0 bridgehead atoms. The zero-order valence-corrected chi connectivity index (χ0v) is 16.6. The lowest BCUT2D eigenvalue weighted by atomic mass is 10.2. The fourth-order valence-electron chi connectivity index (χ4n) is 2.07. The molecule has 3 rings (SSSR count). The molecule has 0 spiro atoms. The van der Waals surface area contributed by atoms with Crippen molar-refractivity contribution in [2.45, 2.75) is 17.9 Å². The van der Waals surface area contributed by atoms with Gasteiger partial charge in [-0.1, -0.05) is 35.2 Å². The number of hydrogen-bond donors (Lipinski definition) is 1. The maximum absolute atomic E-state index is 12.9. The number of nitrogens with zero attached hydrogens (tertiary/aromatic N) is 3. The SMILES string of the molecule is Cc1nnc(SCC(=O)NN=Cc2ccc(OCc3ccc(F)cc3)cc2)s1. The van der Waals surface area contributed by atoms with E-state index in [1.165, 1.54) is 35.2 Å². The molecule has 9 heteroatoms. The lowest BCUT2D eigenvalue weighted by molar-refractivity contribution is -0.118. The Morgan fingerprint density at radius 1 is 1.21 bits per heavy atom. The van der Waals surface area contributed by atoms with Gasteiger partial charge >= 0.3 is 0 Å². The van der Waals surface area contributed by atoms with Gasteiger partial charge in [-0.2, -0.15) is 5.10 Å². The number of benzene rings is 2. The van der Waals surface area contributed by atoms with Crippen LogP contribution in [-0.2, 0) is 11.4 Å². The van der Waals surface area contributed by atoms with E-state index in [0.29, 0.717) is 12.4 Å². The van der Waals surface area contributed by atoms with E-state index in [9.17, 15) is 9.18 Å². The molecule has 0 radical (unpaired) electrons. The summed E-state index contributed by atoms with van der Waals surface area (Å²) in [7, 11) is 0. The van der Waals surface area contributed by atoms with Crippen LogP contribution in [0.1, 0.15) is 16.1 Å². The van der Waals surface area contributed by atoms with E-state index in [1.54, 1.807) is 30.5 Å². The third kappa shape index (κ3) is 6.43. The minimum Gasteiger partial charge on any atom is -0.489 e. The fraction of sp³-hybridized carbons (Fsp3) is 0.158. The molecule has 0 aliphatic rings. The van der Waals surface area contributed by atoms with Gasteiger partial charge in [-0.3, -0.25) is 4.79 Å². The molecule has 0 saturated carbocycles. The largest absolute Gasteiger partial charge is 0.489 e. The van der Waals surface area contributed by atoms with E-state index >= 15 is 0 Å². The molecule has 28 heavy (non-hydrogen) atoms. The number of aryl methyl sites for hydroxylation is 1. The molecule has 1 aromatic heterocycles. The smallest absolute Gasteiger partial charge is 0.250 e. The van der Waals surface area contributed by atoms with Gasteiger partial charge in [0.1, 0.15) is 23.2 Å². The summed E-state index contributed by atoms with van der Waals surface area (Å²) in [5.41, 5.74) is 4.18. The molecule has 2 aromatic carbocycles. The normalized spacial score (nSPS) is 10.9. The maximum Gasteiger partial charge on any atom is 0.250 e. The summed E-state index contributed by atoms with van der Waals surface area (Å²) in [5.74, 6) is 0.429. The molecule has 0 atom stereocenters. The van der Waals surface area contributed by atoms with Crippen molar-refractivity contribution in [1.82, 2.24) is 15.6 Å². The zero-order chi connectivity index (χ0) is 19.8. The van der Waals surface area contributed by atoms with E-state index < -0.39 is 0 Å². The Labute approximate surface area is 169 Å². The topological polar surface area (TPSA) is 76.5 Å². The molecule has 0 unspecified atom stereocenters. The third-order valence-corrected chi connectivity index (χ3v) is 5.41. The molecule has 144 valence electrons. The molecular weight excluding hydrogens is 399 g/mol. The molecule has 1 heterocycles. The summed E-state index contributed by atoms with van der Waals surface area (Å²) in [6.07, 6.45) is 1.56. The second kappa shape index (κ2) is 9.95. The fourth-order valence-corrected chi connectivity index (χ4v) is 3.68. The highest BCUT2D eigenvalue weighted by Crippen LogP contribution is 2.21. The quantitative estimate of drug-likeness (QED) is 0.343. The van der Waals surface area contributed by atoms with Crippen LogP contribution in [0.5, 0.6) is 5.75 Å². The first-order valence-corrected chi connectivity index (χ1v) is 10.1. The van der Waals surface area contributed by atoms with Crippen molar-refractivity contribution in [3.05, 3.63) is 70.5 Å². The number of hydrazone groups is 1. The second-order valence-electron chi connectivity index (χ2n) is 5.65. The predicted octanol–water partition coefficient (Wildman–Crippen LogP) is 3.81. The predicted molar refractivity (Wildman–Crippen MR) is 108 cm³/mol. The van der Waals surface area contributed by atoms with E-state index in [2.05, 4.69) is 20.7 Å². The monoisotopic (exact) mass is 416 g/mol. The molecule has 0 aliphatic heterocycles. The number of halogens is 1. The molecule has 1 amide bonds. The first-order valence-electron chi connectivity index (χ1n) is 8.30. The Balaban J connectivity index is 1.41. The summed E-state index contributed by atoms with van der Waals surface area (Å²) in [5, 5.41) is 12.7. The van der Waals surface area contributed by atoms with Gasteiger partial charge < -0.3 is 4.74 Å². The first kappa shape index (κ1) is 20.0. The van der Waals surface area contributed by atoms with E-state index in [-0.39, 0.29) is 17.5 Å². The highest BCUT2D eigenvalue weighted by atomic mass is 32.2. The lowest BCUT2D eigenvalue weighted by Crippen LogP contribution is -2.19. The number of carbonyl (C=O) groups excluding carboxylic acids is 1. The third-order valence-electron chi connectivity index (χ3n) is 3.44. The van der Waals surface area contributed by atoms with Crippen LogP contribution in [0.3, 0.4) is 0 Å². The highest BCUT2D eigenvalue weighted by Gasteiger charge is 2.05. The Morgan fingerprint density at radius 3 is 2.64 bits per heavy atom. The van der Waals surface area contributed by atoms with Crippen LogP contribution in [0.25, 0.3) is 0 Å². The second-order valence-corrected chi connectivity index (χ2v) is 8.06. The van der Waals surface area contributed by atoms with Gasteiger partial charge in [0.25, 0.3) is 5.91 Å². The molecule has 0 fully saturated rings. The highest BCUT2D eigenvalue weighted by molar-refractivity contribution is 8.01. The molecule has 1 N–H and O–H groups in total. The van der Waals surface area contributed by atoms with Crippen LogP contribution < -0.4 is 10.2 Å². The average Bonchev–Trinajstić information content (AvgIpc) is 3.12. The van der Waals surface area contributed by atoms with Crippen LogP contribution in [-0.4, -0.2) is 28.1 Å². The number of thioether (sulfide) groups is 1. The summed E-state index contributed by atoms with van der Waals surface area (Å²) in [6.45, 7) is 2.22. The van der Waals surface area contributed by atoms with Crippen LogP contribution in [0, 0.1) is 12.7 Å². The summed E-state index contributed by atoms with van der Waals surface area (Å²) < 4.78 is 19.3. The average molecular weight is 417 g/mol. The van der Waals surface area contributed by atoms with Crippen LogP contribution in [0.4, 0.5) is 4.39 Å². The number of hydrogen-bond acceptors (Lipinski definition) is 7. The minimum atomic E-state index is -0.270.